The minimum atomic E-state index is -0.473. The predicted molar refractivity (Wildman–Crippen MR) is 53.3 cm³/mol. The van der Waals surface area contributed by atoms with Crippen molar-refractivity contribution in [1.82, 2.24) is 0 Å². The maximum atomic E-state index is 13.2. The molecule has 0 aliphatic rings. The fourth-order valence-electron chi connectivity index (χ4n) is 1.20. The van der Waals surface area contributed by atoms with Crippen LogP contribution in [-0.2, 0) is 16.0 Å². The second-order valence-electron chi connectivity index (χ2n) is 2.95. The molecule has 0 bridgehead atoms. The van der Waals surface area contributed by atoms with Crippen LogP contribution in [0.3, 0.4) is 0 Å². The molecule has 0 amide bonds. The van der Waals surface area contributed by atoms with E-state index in [1.165, 1.54) is 19.2 Å². The van der Waals surface area contributed by atoms with Crippen molar-refractivity contribution in [3.63, 3.8) is 0 Å². The van der Waals surface area contributed by atoms with Crippen molar-refractivity contribution in [3.8, 4) is 5.75 Å². The number of hydrogen-bond donors (Lipinski definition) is 0. The molecule has 0 heterocycles. The third kappa shape index (κ3) is 3.23. The van der Waals surface area contributed by atoms with Crippen molar-refractivity contribution in [1.29, 1.82) is 0 Å². The summed E-state index contributed by atoms with van der Waals surface area (Å²) >= 11 is 0. The molecule has 0 saturated carbocycles. The van der Waals surface area contributed by atoms with Gasteiger partial charge in [0.05, 0.1) is 20.1 Å². The lowest BCUT2D eigenvalue weighted by Gasteiger charge is -2.04. The van der Waals surface area contributed by atoms with E-state index in [-0.39, 0.29) is 18.1 Å². The van der Waals surface area contributed by atoms with Gasteiger partial charge in [0.2, 0.25) is 0 Å². The number of carbonyl (C=O) groups is 1. The quantitative estimate of drug-likeness (QED) is 0.715. The Bertz CT molecular complexity index is 350. The molecule has 1 rings (SSSR count). The second-order valence-corrected chi connectivity index (χ2v) is 2.95. The van der Waals surface area contributed by atoms with Crippen molar-refractivity contribution in [2.45, 2.75) is 13.3 Å². The summed E-state index contributed by atoms with van der Waals surface area (Å²) in [5, 5.41) is 0. The number of hydrogen-bond acceptors (Lipinski definition) is 3. The summed E-state index contributed by atoms with van der Waals surface area (Å²) in [6.45, 7) is 2.06. The highest BCUT2D eigenvalue weighted by Crippen LogP contribution is 2.17. The van der Waals surface area contributed by atoms with E-state index < -0.39 is 5.82 Å². The molecule has 82 valence electrons. The summed E-state index contributed by atoms with van der Waals surface area (Å²) in [7, 11) is 1.39. The first-order chi connectivity index (χ1) is 7.17. The summed E-state index contributed by atoms with van der Waals surface area (Å²) in [6.07, 6.45) is 0.0781. The molecule has 0 aliphatic carbocycles. The smallest absolute Gasteiger partial charge is 0.310 e. The van der Waals surface area contributed by atoms with Gasteiger partial charge in [0, 0.05) is 0 Å². The summed E-state index contributed by atoms with van der Waals surface area (Å²) in [5.74, 6) is -0.663. The van der Waals surface area contributed by atoms with Crippen LogP contribution in [0.2, 0.25) is 0 Å². The molecule has 0 spiro atoms. The predicted octanol–water partition coefficient (Wildman–Crippen LogP) is 1.94. The van der Waals surface area contributed by atoms with Gasteiger partial charge in [-0.2, -0.15) is 0 Å². The molecule has 0 aromatic heterocycles. The van der Waals surface area contributed by atoms with E-state index in [2.05, 4.69) is 0 Å². The zero-order chi connectivity index (χ0) is 11.3. The van der Waals surface area contributed by atoms with E-state index in [4.69, 9.17) is 9.47 Å². The molecular formula is C11H13FO3. The van der Waals surface area contributed by atoms with E-state index in [0.29, 0.717) is 12.2 Å². The van der Waals surface area contributed by atoms with Gasteiger partial charge in [-0.25, -0.2) is 4.39 Å². The normalized spacial score (nSPS) is 9.80. The second kappa shape index (κ2) is 5.34. The highest BCUT2D eigenvalue weighted by atomic mass is 19.1. The highest BCUT2D eigenvalue weighted by Gasteiger charge is 2.07. The van der Waals surface area contributed by atoms with Crippen LogP contribution in [0.5, 0.6) is 5.75 Å². The maximum absolute atomic E-state index is 13.2. The number of methoxy groups -OCH3 is 1. The lowest BCUT2D eigenvalue weighted by molar-refractivity contribution is -0.142. The van der Waals surface area contributed by atoms with Gasteiger partial charge in [-0.05, 0) is 24.6 Å². The van der Waals surface area contributed by atoms with Gasteiger partial charge < -0.3 is 9.47 Å². The first-order valence-corrected chi connectivity index (χ1v) is 4.65. The fraction of sp³-hybridized carbons (Fsp3) is 0.364. The van der Waals surface area contributed by atoms with Crippen LogP contribution in [-0.4, -0.2) is 19.7 Å². The Morgan fingerprint density at radius 3 is 2.73 bits per heavy atom. The van der Waals surface area contributed by atoms with Crippen molar-refractivity contribution in [3.05, 3.63) is 29.6 Å². The molecule has 0 unspecified atom stereocenters. The van der Waals surface area contributed by atoms with Gasteiger partial charge in [0.25, 0.3) is 0 Å². The average molecular weight is 212 g/mol. The van der Waals surface area contributed by atoms with E-state index >= 15 is 0 Å². The summed E-state index contributed by atoms with van der Waals surface area (Å²) < 4.78 is 22.7. The molecule has 0 fully saturated rings. The molecule has 15 heavy (non-hydrogen) atoms. The van der Waals surface area contributed by atoms with Crippen LogP contribution in [0.15, 0.2) is 18.2 Å². The standard InChI is InChI=1S/C11H13FO3/c1-3-15-11(13)7-8-4-5-10(14-2)9(12)6-8/h4-6H,3,7H2,1-2H3. The highest BCUT2D eigenvalue weighted by molar-refractivity contribution is 5.72. The largest absolute Gasteiger partial charge is 0.494 e. The lowest BCUT2D eigenvalue weighted by Crippen LogP contribution is -2.07. The molecule has 0 saturated heterocycles. The number of esters is 1. The van der Waals surface area contributed by atoms with Gasteiger partial charge in [-0.1, -0.05) is 6.07 Å². The molecule has 0 radical (unpaired) electrons. The molecule has 0 N–H and O–H groups in total. The third-order valence-corrected chi connectivity index (χ3v) is 1.87. The first-order valence-electron chi connectivity index (χ1n) is 4.65. The number of rotatable bonds is 4. The third-order valence-electron chi connectivity index (χ3n) is 1.87. The van der Waals surface area contributed by atoms with Gasteiger partial charge in [0.15, 0.2) is 11.6 Å². The van der Waals surface area contributed by atoms with Crippen LogP contribution < -0.4 is 4.74 Å². The number of benzene rings is 1. The minimum absolute atomic E-state index is 0.0781. The fourth-order valence-corrected chi connectivity index (χ4v) is 1.20. The van der Waals surface area contributed by atoms with E-state index in [1.54, 1.807) is 13.0 Å². The summed E-state index contributed by atoms with van der Waals surface area (Å²) in [6, 6.07) is 4.40. The van der Waals surface area contributed by atoms with Gasteiger partial charge in [-0.15, -0.1) is 0 Å². The Kier molecular flexibility index (Phi) is 4.09. The van der Waals surface area contributed by atoms with Crippen LogP contribution in [0.1, 0.15) is 12.5 Å². The monoisotopic (exact) mass is 212 g/mol. The van der Waals surface area contributed by atoms with Gasteiger partial charge >= 0.3 is 5.97 Å². The summed E-state index contributed by atoms with van der Waals surface area (Å²) in [5.41, 5.74) is 0.576. The first kappa shape index (κ1) is 11.5. The van der Waals surface area contributed by atoms with Crippen molar-refractivity contribution >= 4 is 5.97 Å². The van der Waals surface area contributed by atoms with Crippen LogP contribution in [0, 0.1) is 5.82 Å². The number of ether oxygens (including phenoxy) is 2. The van der Waals surface area contributed by atoms with Crippen LogP contribution >= 0.6 is 0 Å². The van der Waals surface area contributed by atoms with E-state index in [0.717, 1.165) is 0 Å². The summed E-state index contributed by atoms with van der Waals surface area (Å²) in [4.78, 5) is 11.1. The van der Waals surface area contributed by atoms with Crippen molar-refractivity contribution < 1.29 is 18.7 Å². The minimum Gasteiger partial charge on any atom is -0.494 e. The Hall–Kier alpha value is -1.58. The Morgan fingerprint density at radius 2 is 2.20 bits per heavy atom. The van der Waals surface area contributed by atoms with Crippen molar-refractivity contribution in [2.75, 3.05) is 13.7 Å². The number of halogens is 1. The SMILES string of the molecule is CCOC(=O)Cc1ccc(OC)c(F)c1. The molecule has 0 aliphatic heterocycles. The lowest BCUT2D eigenvalue weighted by atomic mass is 10.1. The molecule has 0 atom stereocenters. The molecule has 1 aromatic rings. The van der Waals surface area contributed by atoms with E-state index in [1.807, 2.05) is 0 Å². The molecule has 4 heteroatoms. The van der Waals surface area contributed by atoms with Crippen LogP contribution in [0.25, 0.3) is 0 Å². The maximum Gasteiger partial charge on any atom is 0.310 e. The van der Waals surface area contributed by atoms with Gasteiger partial charge in [-0.3, -0.25) is 4.79 Å². The average Bonchev–Trinajstić information content (AvgIpc) is 2.18. The Balaban J connectivity index is 2.71. The topological polar surface area (TPSA) is 35.5 Å². The number of carbonyl (C=O) groups excluding carboxylic acids is 1. The Labute approximate surface area is 87.8 Å². The van der Waals surface area contributed by atoms with E-state index in [9.17, 15) is 9.18 Å². The molecule has 1 aromatic carbocycles. The van der Waals surface area contributed by atoms with Crippen molar-refractivity contribution in [2.24, 2.45) is 0 Å². The van der Waals surface area contributed by atoms with Gasteiger partial charge in [0.1, 0.15) is 0 Å². The molecular weight excluding hydrogens is 199 g/mol. The van der Waals surface area contributed by atoms with Crippen LogP contribution in [0.4, 0.5) is 4.39 Å². The zero-order valence-corrected chi connectivity index (χ0v) is 8.75. The zero-order valence-electron chi connectivity index (χ0n) is 8.75. The molecule has 3 nitrogen and oxygen atoms in total. The Morgan fingerprint density at radius 1 is 1.47 bits per heavy atom.